The number of benzene rings is 2. The predicted molar refractivity (Wildman–Crippen MR) is 104 cm³/mol. The Labute approximate surface area is 158 Å². The van der Waals surface area contributed by atoms with Gasteiger partial charge in [0.25, 0.3) is 0 Å². The molecule has 0 unspecified atom stereocenters. The van der Waals surface area contributed by atoms with Gasteiger partial charge in [-0.3, -0.25) is 0 Å². The Kier molecular flexibility index (Phi) is 5.52. The van der Waals surface area contributed by atoms with Gasteiger partial charge in [-0.15, -0.1) is 0 Å². The van der Waals surface area contributed by atoms with Crippen molar-refractivity contribution in [2.24, 2.45) is 15.9 Å². The SMILES string of the molecule is Cc1cc(CN=C(N)Nc2ccc3c(c2)OCCCO3)ccc1S(N)(=O)=O. The number of nitrogens with zero attached hydrogens (tertiary/aromatic N) is 1. The minimum atomic E-state index is -3.73. The molecule has 2 aromatic rings. The van der Waals surface area contributed by atoms with Gasteiger partial charge in [-0.1, -0.05) is 12.1 Å². The lowest BCUT2D eigenvalue weighted by molar-refractivity contribution is 0.297. The van der Waals surface area contributed by atoms with Crippen molar-refractivity contribution in [3.63, 3.8) is 0 Å². The summed E-state index contributed by atoms with van der Waals surface area (Å²) in [5, 5.41) is 8.18. The highest BCUT2D eigenvalue weighted by Gasteiger charge is 2.12. The van der Waals surface area contributed by atoms with Crippen molar-refractivity contribution < 1.29 is 17.9 Å². The van der Waals surface area contributed by atoms with Crippen LogP contribution in [-0.2, 0) is 16.6 Å². The van der Waals surface area contributed by atoms with E-state index >= 15 is 0 Å². The Bertz CT molecular complexity index is 973. The molecule has 0 aromatic heterocycles. The lowest BCUT2D eigenvalue weighted by Crippen LogP contribution is -2.22. The Morgan fingerprint density at radius 3 is 2.59 bits per heavy atom. The van der Waals surface area contributed by atoms with Crippen LogP contribution >= 0.6 is 0 Å². The zero-order valence-corrected chi connectivity index (χ0v) is 15.8. The number of nitrogens with one attached hydrogen (secondary N) is 1. The number of anilines is 1. The topological polar surface area (TPSA) is 129 Å². The molecule has 2 aromatic carbocycles. The normalized spacial score (nSPS) is 14.5. The maximum atomic E-state index is 11.5. The van der Waals surface area contributed by atoms with Gasteiger partial charge in [-0.25, -0.2) is 18.5 Å². The van der Waals surface area contributed by atoms with Gasteiger partial charge in [0.05, 0.1) is 24.7 Å². The molecule has 8 nitrogen and oxygen atoms in total. The maximum Gasteiger partial charge on any atom is 0.238 e. The van der Waals surface area contributed by atoms with Crippen LogP contribution in [0.25, 0.3) is 0 Å². The third kappa shape index (κ3) is 4.89. The average Bonchev–Trinajstić information content (AvgIpc) is 2.84. The highest BCUT2D eigenvalue weighted by atomic mass is 32.2. The van der Waals surface area contributed by atoms with Gasteiger partial charge >= 0.3 is 0 Å². The number of fused-ring (bicyclic) bond motifs is 1. The van der Waals surface area contributed by atoms with Crippen molar-refractivity contribution in [1.29, 1.82) is 0 Å². The van der Waals surface area contributed by atoms with Crippen molar-refractivity contribution in [2.45, 2.75) is 24.8 Å². The van der Waals surface area contributed by atoms with E-state index in [-0.39, 0.29) is 10.9 Å². The van der Waals surface area contributed by atoms with Crippen LogP contribution in [0.4, 0.5) is 5.69 Å². The van der Waals surface area contributed by atoms with Gasteiger partial charge in [0.1, 0.15) is 0 Å². The fourth-order valence-corrected chi connectivity index (χ4v) is 3.50. The monoisotopic (exact) mass is 390 g/mol. The number of rotatable bonds is 4. The highest BCUT2D eigenvalue weighted by molar-refractivity contribution is 7.89. The van der Waals surface area contributed by atoms with Crippen LogP contribution in [0.5, 0.6) is 11.5 Å². The van der Waals surface area contributed by atoms with Crippen molar-refractivity contribution in [1.82, 2.24) is 0 Å². The van der Waals surface area contributed by atoms with Crippen LogP contribution < -0.4 is 25.7 Å². The number of hydrogen-bond acceptors (Lipinski definition) is 5. The van der Waals surface area contributed by atoms with Crippen LogP contribution in [0.2, 0.25) is 0 Å². The molecule has 0 saturated carbocycles. The molecule has 0 fully saturated rings. The molecule has 1 aliphatic heterocycles. The van der Waals surface area contributed by atoms with Crippen LogP contribution in [0.1, 0.15) is 17.5 Å². The smallest absolute Gasteiger partial charge is 0.238 e. The number of aliphatic imine (C=N–C) groups is 1. The molecule has 1 heterocycles. The molecule has 0 radical (unpaired) electrons. The number of hydrogen-bond donors (Lipinski definition) is 3. The molecule has 0 aliphatic carbocycles. The summed E-state index contributed by atoms with van der Waals surface area (Å²) >= 11 is 0. The minimum Gasteiger partial charge on any atom is -0.490 e. The van der Waals surface area contributed by atoms with Gasteiger partial charge in [-0.05, 0) is 36.2 Å². The van der Waals surface area contributed by atoms with E-state index in [2.05, 4.69) is 10.3 Å². The van der Waals surface area contributed by atoms with E-state index in [0.717, 1.165) is 17.7 Å². The van der Waals surface area contributed by atoms with E-state index in [1.807, 2.05) is 18.2 Å². The third-order valence-electron chi connectivity index (χ3n) is 4.00. The van der Waals surface area contributed by atoms with E-state index < -0.39 is 10.0 Å². The fraction of sp³-hybridized carbons (Fsp3) is 0.278. The number of aryl methyl sites for hydroxylation is 1. The largest absolute Gasteiger partial charge is 0.490 e. The number of guanidine groups is 1. The van der Waals surface area contributed by atoms with Gasteiger partial charge in [-0.2, -0.15) is 0 Å². The Morgan fingerprint density at radius 2 is 1.89 bits per heavy atom. The summed E-state index contributed by atoms with van der Waals surface area (Å²) in [5.74, 6) is 1.61. The Morgan fingerprint density at radius 1 is 1.15 bits per heavy atom. The molecule has 5 N–H and O–H groups in total. The Balaban J connectivity index is 1.68. The second kappa shape index (κ2) is 7.85. The number of ether oxygens (including phenoxy) is 2. The summed E-state index contributed by atoms with van der Waals surface area (Å²) in [6, 6.07) is 10.3. The highest BCUT2D eigenvalue weighted by Crippen LogP contribution is 2.32. The number of primary sulfonamides is 1. The third-order valence-corrected chi connectivity index (χ3v) is 5.07. The van der Waals surface area contributed by atoms with Crippen molar-refractivity contribution in [2.75, 3.05) is 18.5 Å². The molecule has 144 valence electrons. The minimum absolute atomic E-state index is 0.105. The summed E-state index contributed by atoms with van der Waals surface area (Å²) in [7, 11) is -3.73. The number of sulfonamides is 1. The molecule has 0 saturated heterocycles. The summed E-state index contributed by atoms with van der Waals surface area (Å²) in [6.07, 6.45) is 0.838. The summed E-state index contributed by atoms with van der Waals surface area (Å²) in [6.45, 7) is 3.22. The maximum absolute atomic E-state index is 11.5. The van der Waals surface area contributed by atoms with E-state index in [1.54, 1.807) is 19.1 Å². The van der Waals surface area contributed by atoms with Gasteiger partial charge in [0.15, 0.2) is 17.5 Å². The van der Waals surface area contributed by atoms with Gasteiger partial charge < -0.3 is 20.5 Å². The first-order chi connectivity index (χ1) is 12.8. The quantitative estimate of drug-likeness (QED) is 0.539. The van der Waals surface area contributed by atoms with Crippen molar-refractivity contribution in [3.05, 3.63) is 47.5 Å². The van der Waals surface area contributed by atoms with Crippen LogP contribution in [0, 0.1) is 6.92 Å². The molecule has 1 aliphatic rings. The Hall–Kier alpha value is -2.78. The lowest BCUT2D eigenvalue weighted by Gasteiger charge is -2.11. The van der Waals surface area contributed by atoms with E-state index in [4.69, 9.17) is 20.3 Å². The number of nitrogens with two attached hydrogens (primary N) is 2. The summed E-state index contributed by atoms with van der Waals surface area (Å²) in [5.41, 5.74) is 8.08. The molecule has 0 spiro atoms. The van der Waals surface area contributed by atoms with Crippen LogP contribution in [0.3, 0.4) is 0 Å². The van der Waals surface area contributed by atoms with Gasteiger partial charge in [0, 0.05) is 18.2 Å². The van der Waals surface area contributed by atoms with E-state index in [1.165, 1.54) is 6.07 Å². The molecular formula is C18H22N4O4S. The summed E-state index contributed by atoms with van der Waals surface area (Å²) in [4.78, 5) is 4.39. The first-order valence-corrected chi connectivity index (χ1v) is 9.96. The second-order valence-corrected chi connectivity index (χ2v) is 7.71. The standard InChI is InChI=1S/C18H22N4O4S/c1-12-9-13(3-6-17(12)27(20,23)24)11-21-18(19)22-14-4-5-15-16(10-14)26-8-2-7-25-15/h3-6,9-10H,2,7-8,11H2,1H3,(H3,19,21,22)(H2,20,23,24). The molecule has 3 rings (SSSR count). The van der Waals surface area contributed by atoms with Crippen LogP contribution in [-0.4, -0.2) is 27.6 Å². The molecule has 0 bridgehead atoms. The van der Waals surface area contributed by atoms with Gasteiger partial charge in [0.2, 0.25) is 10.0 Å². The van der Waals surface area contributed by atoms with Crippen molar-refractivity contribution >= 4 is 21.7 Å². The van der Waals surface area contributed by atoms with E-state index in [0.29, 0.717) is 36.8 Å². The average molecular weight is 390 g/mol. The molecule has 0 atom stereocenters. The molecule has 0 amide bonds. The fourth-order valence-electron chi connectivity index (χ4n) is 2.73. The second-order valence-electron chi connectivity index (χ2n) is 6.18. The zero-order chi connectivity index (χ0) is 19.4. The zero-order valence-electron chi connectivity index (χ0n) is 14.9. The lowest BCUT2D eigenvalue weighted by atomic mass is 10.1. The molecule has 27 heavy (non-hydrogen) atoms. The first kappa shape index (κ1) is 19.0. The van der Waals surface area contributed by atoms with Crippen molar-refractivity contribution in [3.8, 4) is 11.5 Å². The molecular weight excluding hydrogens is 368 g/mol. The van der Waals surface area contributed by atoms with E-state index in [9.17, 15) is 8.42 Å². The predicted octanol–water partition coefficient (Wildman–Crippen LogP) is 1.73. The summed E-state index contributed by atoms with van der Waals surface area (Å²) < 4.78 is 34.2. The van der Waals surface area contributed by atoms with Crippen LogP contribution in [0.15, 0.2) is 46.3 Å². The molecule has 9 heteroatoms. The first-order valence-electron chi connectivity index (χ1n) is 8.42.